The summed E-state index contributed by atoms with van der Waals surface area (Å²) in [6.07, 6.45) is 1.96. The number of rotatable bonds is 2. The van der Waals surface area contributed by atoms with Gasteiger partial charge in [-0.2, -0.15) is 0 Å². The Morgan fingerprint density at radius 2 is 2.06 bits per heavy atom. The Balaban J connectivity index is 2.14. The Hall–Kier alpha value is -1.29. The van der Waals surface area contributed by atoms with Crippen molar-refractivity contribution in [2.24, 2.45) is 0 Å². The van der Waals surface area contributed by atoms with Crippen molar-refractivity contribution in [1.82, 2.24) is 14.8 Å². The van der Waals surface area contributed by atoms with Crippen LogP contribution in [0.3, 0.4) is 0 Å². The van der Waals surface area contributed by atoms with E-state index in [1.54, 1.807) is 0 Å². The molecule has 2 heterocycles. The van der Waals surface area contributed by atoms with Gasteiger partial charge in [0, 0.05) is 37.9 Å². The summed E-state index contributed by atoms with van der Waals surface area (Å²) in [5.74, 6) is 0.150. The first-order chi connectivity index (χ1) is 8.11. The number of nitrogens with one attached hydrogen (secondary N) is 1. The number of aryl methyl sites for hydroxylation is 1. The van der Waals surface area contributed by atoms with E-state index in [9.17, 15) is 4.79 Å². The Labute approximate surface area is 103 Å². The van der Waals surface area contributed by atoms with E-state index in [0.29, 0.717) is 12.1 Å². The lowest BCUT2D eigenvalue weighted by Gasteiger charge is -2.36. The van der Waals surface area contributed by atoms with Gasteiger partial charge in [-0.15, -0.1) is 0 Å². The molecule has 1 aliphatic heterocycles. The first kappa shape index (κ1) is 12.2. The summed E-state index contributed by atoms with van der Waals surface area (Å²) in [7, 11) is 0. The smallest absolute Gasteiger partial charge is 0.270 e. The zero-order valence-electron chi connectivity index (χ0n) is 10.8. The number of piperazine rings is 1. The van der Waals surface area contributed by atoms with Crippen molar-refractivity contribution >= 4 is 5.91 Å². The van der Waals surface area contributed by atoms with Gasteiger partial charge in [-0.1, -0.05) is 0 Å². The quantitative estimate of drug-likeness (QED) is 0.839. The zero-order valence-corrected chi connectivity index (χ0v) is 10.8. The highest BCUT2D eigenvalue weighted by molar-refractivity contribution is 5.92. The predicted molar refractivity (Wildman–Crippen MR) is 68.1 cm³/mol. The fourth-order valence-electron chi connectivity index (χ4n) is 2.54. The highest BCUT2D eigenvalue weighted by Crippen LogP contribution is 2.11. The first-order valence-electron chi connectivity index (χ1n) is 6.32. The van der Waals surface area contributed by atoms with Gasteiger partial charge in [0.2, 0.25) is 0 Å². The molecule has 4 heteroatoms. The summed E-state index contributed by atoms with van der Waals surface area (Å²) in [4.78, 5) is 14.4. The SMILES string of the molecule is CCn1cccc1C(=O)N1CC(C)NC(C)C1. The minimum absolute atomic E-state index is 0.150. The molecular weight excluding hydrogens is 214 g/mol. The summed E-state index contributed by atoms with van der Waals surface area (Å²) in [5.41, 5.74) is 0.800. The topological polar surface area (TPSA) is 37.3 Å². The summed E-state index contributed by atoms with van der Waals surface area (Å²) < 4.78 is 2.00. The molecule has 1 N–H and O–H groups in total. The molecule has 0 aromatic carbocycles. The van der Waals surface area contributed by atoms with Crippen LogP contribution in [-0.2, 0) is 6.54 Å². The van der Waals surface area contributed by atoms with E-state index < -0.39 is 0 Å². The van der Waals surface area contributed by atoms with Gasteiger partial charge in [0.25, 0.3) is 5.91 Å². The molecule has 0 saturated carbocycles. The lowest BCUT2D eigenvalue weighted by Crippen LogP contribution is -2.56. The van der Waals surface area contributed by atoms with Gasteiger partial charge in [0.1, 0.15) is 5.69 Å². The van der Waals surface area contributed by atoms with E-state index in [4.69, 9.17) is 0 Å². The standard InChI is InChI=1S/C13H21N3O/c1-4-15-7-5-6-12(15)13(17)16-8-10(2)14-11(3)9-16/h5-7,10-11,14H,4,8-9H2,1-3H3. The summed E-state index contributed by atoms with van der Waals surface area (Å²) in [6.45, 7) is 8.71. The van der Waals surface area contributed by atoms with Crippen LogP contribution >= 0.6 is 0 Å². The van der Waals surface area contributed by atoms with Crippen LogP contribution in [0, 0.1) is 0 Å². The fraction of sp³-hybridized carbons (Fsp3) is 0.615. The number of hydrogen-bond donors (Lipinski definition) is 1. The molecule has 0 radical (unpaired) electrons. The Morgan fingerprint density at radius 3 is 2.65 bits per heavy atom. The van der Waals surface area contributed by atoms with Crippen LogP contribution in [0.2, 0.25) is 0 Å². The minimum Gasteiger partial charge on any atom is -0.344 e. The van der Waals surface area contributed by atoms with Gasteiger partial charge in [0.05, 0.1) is 0 Å². The van der Waals surface area contributed by atoms with Crippen molar-refractivity contribution < 1.29 is 4.79 Å². The molecule has 2 rings (SSSR count). The summed E-state index contributed by atoms with van der Waals surface area (Å²) >= 11 is 0. The van der Waals surface area contributed by atoms with Gasteiger partial charge in [-0.3, -0.25) is 4.79 Å². The molecule has 1 amide bonds. The average molecular weight is 235 g/mol. The summed E-state index contributed by atoms with van der Waals surface area (Å²) in [6, 6.07) is 4.58. The third kappa shape index (κ3) is 2.52. The molecule has 1 saturated heterocycles. The maximum absolute atomic E-state index is 12.4. The van der Waals surface area contributed by atoms with E-state index in [-0.39, 0.29) is 5.91 Å². The largest absolute Gasteiger partial charge is 0.344 e. The molecule has 17 heavy (non-hydrogen) atoms. The van der Waals surface area contributed by atoms with Crippen molar-refractivity contribution in [1.29, 1.82) is 0 Å². The predicted octanol–water partition coefficient (Wildman–Crippen LogP) is 1.33. The number of aromatic nitrogens is 1. The van der Waals surface area contributed by atoms with Crippen LogP contribution in [0.1, 0.15) is 31.3 Å². The second-order valence-corrected chi connectivity index (χ2v) is 4.86. The lowest BCUT2D eigenvalue weighted by molar-refractivity contribution is 0.0663. The maximum Gasteiger partial charge on any atom is 0.270 e. The first-order valence-corrected chi connectivity index (χ1v) is 6.32. The van der Waals surface area contributed by atoms with E-state index in [2.05, 4.69) is 26.1 Å². The van der Waals surface area contributed by atoms with Crippen LogP contribution in [0.25, 0.3) is 0 Å². The molecule has 0 bridgehead atoms. The highest BCUT2D eigenvalue weighted by Gasteiger charge is 2.26. The minimum atomic E-state index is 0.150. The van der Waals surface area contributed by atoms with Crippen LogP contribution < -0.4 is 5.32 Å². The Kier molecular flexibility index (Phi) is 3.52. The number of amides is 1. The van der Waals surface area contributed by atoms with Crippen molar-refractivity contribution in [2.75, 3.05) is 13.1 Å². The second-order valence-electron chi connectivity index (χ2n) is 4.86. The molecule has 2 atom stereocenters. The fourth-order valence-corrected chi connectivity index (χ4v) is 2.54. The van der Waals surface area contributed by atoms with E-state index in [0.717, 1.165) is 25.3 Å². The van der Waals surface area contributed by atoms with Gasteiger partial charge in [-0.25, -0.2) is 0 Å². The molecule has 4 nitrogen and oxygen atoms in total. The maximum atomic E-state index is 12.4. The second kappa shape index (κ2) is 4.92. The third-order valence-electron chi connectivity index (χ3n) is 3.23. The van der Waals surface area contributed by atoms with Gasteiger partial charge in [0.15, 0.2) is 0 Å². The normalized spacial score (nSPS) is 25.0. The monoisotopic (exact) mass is 235 g/mol. The van der Waals surface area contributed by atoms with Crippen molar-refractivity contribution in [3.05, 3.63) is 24.0 Å². The zero-order chi connectivity index (χ0) is 12.4. The molecular formula is C13H21N3O. The van der Waals surface area contributed by atoms with Gasteiger partial charge >= 0.3 is 0 Å². The average Bonchev–Trinajstić information content (AvgIpc) is 2.74. The van der Waals surface area contributed by atoms with E-state index >= 15 is 0 Å². The van der Waals surface area contributed by atoms with Crippen LogP contribution in [-0.4, -0.2) is 40.5 Å². The number of carbonyl (C=O) groups is 1. The molecule has 1 aromatic heterocycles. The third-order valence-corrected chi connectivity index (χ3v) is 3.23. The van der Waals surface area contributed by atoms with Gasteiger partial charge in [-0.05, 0) is 32.9 Å². The number of hydrogen-bond acceptors (Lipinski definition) is 2. The van der Waals surface area contributed by atoms with E-state index in [1.165, 1.54) is 0 Å². The van der Waals surface area contributed by atoms with E-state index in [1.807, 2.05) is 27.8 Å². The molecule has 94 valence electrons. The molecule has 1 fully saturated rings. The lowest BCUT2D eigenvalue weighted by atomic mass is 10.1. The highest BCUT2D eigenvalue weighted by atomic mass is 16.2. The van der Waals surface area contributed by atoms with Crippen LogP contribution in [0.5, 0.6) is 0 Å². The molecule has 1 aromatic rings. The number of nitrogens with zero attached hydrogens (tertiary/aromatic N) is 2. The van der Waals surface area contributed by atoms with Crippen LogP contribution in [0.15, 0.2) is 18.3 Å². The Morgan fingerprint density at radius 1 is 1.41 bits per heavy atom. The molecule has 2 unspecified atom stereocenters. The molecule has 0 aliphatic carbocycles. The van der Waals surface area contributed by atoms with Crippen molar-refractivity contribution in [3.63, 3.8) is 0 Å². The number of carbonyl (C=O) groups excluding carboxylic acids is 1. The summed E-state index contributed by atoms with van der Waals surface area (Å²) in [5, 5.41) is 3.44. The van der Waals surface area contributed by atoms with Crippen LogP contribution in [0.4, 0.5) is 0 Å². The van der Waals surface area contributed by atoms with Gasteiger partial charge < -0.3 is 14.8 Å². The molecule has 1 aliphatic rings. The van der Waals surface area contributed by atoms with Crippen molar-refractivity contribution in [3.8, 4) is 0 Å². The molecule has 0 spiro atoms. The van der Waals surface area contributed by atoms with Crippen molar-refractivity contribution in [2.45, 2.75) is 39.4 Å². The Bertz CT molecular complexity index is 389.